The van der Waals surface area contributed by atoms with E-state index in [2.05, 4.69) is 58.1 Å². The third-order valence-corrected chi connectivity index (χ3v) is 5.68. The Morgan fingerprint density at radius 3 is 2.48 bits per heavy atom. The average molecular weight is 437 g/mol. The van der Waals surface area contributed by atoms with E-state index in [0.717, 1.165) is 28.1 Å². The monoisotopic (exact) mass is 436 g/mol. The van der Waals surface area contributed by atoms with Gasteiger partial charge in [-0.05, 0) is 59.2 Å². The van der Waals surface area contributed by atoms with E-state index in [9.17, 15) is 4.79 Å². The van der Waals surface area contributed by atoms with E-state index in [1.165, 1.54) is 5.56 Å². The molecule has 3 aromatic carbocycles. The number of amides is 1. The molecule has 0 unspecified atom stereocenters. The molecular weight excluding hydrogens is 412 g/mol. The number of nitrogens with one attached hydrogen (secondary N) is 1. The van der Waals surface area contributed by atoms with Gasteiger partial charge in [0.15, 0.2) is 0 Å². The van der Waals surface area contributed by atoms with E-state index < -0.39 is 0 Å². The summed E-state index contributed by atoms with van der Waals surface area (Å²) >= 11 is 0. The number of anilines is 2. The fraction of sp³-hybridized carbons (Fsp3) is 0.154. The van der Waals surface area contributed by atoms with Crippen molar-refractivity contribution in [2.24, 2.45) is 0 Å². The molecule has 0 fully saturated rings. The fourth-order valence-corrected chi connectivity index (χ4v) is 4.05. The summed E-state index contributed by atoms with van der Waals surface area (Å²) in [4.78, 5) is 14.9. The molecule has 1 aliphatic heterocycles. The van der Waals surface area contributed by atoms with E-state index >= 15 is 0 Å². The van der Waals surface area contributed by atoms with Crippen LogP contribution >= 0.6 is 0 Å². The second-order valence-corrected chi connectivity index (χ2v) is 8.20. The van der Waals surface area contributed by atoms with Crippen LogP contribution in [-0.2, 0) is 4.79 Å². The summed E-state index contributed by atoms with van der Waals surface area (Å²) in [6, 6.07) is 25.9. The Morgan fingerprint density at radius 2 is 1.73 bits per heavy atom. The summed E-state index contributed by atoms with van der Waals surface area (Å²) in [5.74, 6) is 0.382. The number of carbonyl (C=O) groups is 1. The lowest BCUT2D eigenvalue weighted by molar-refractivity contribution is -0.114. The van der Waals surface area contributed by atoms with E-state index in [4.69, 9.17) is 0 Å². The van der Waals surface area contributed by atoms with Crippen LogP contribution in [0.15, 0.2) is 84.9 Å². The van der Waals surface area contributed by atoms with Gasteiger partial charge >= 0.3 is 0 Å². The highest BCUT2D eigenvalue weighted by Crippen LogP contribution is 2.36. The first-order valence-electron chi connectivity index (χ1n) is 10.8. The second-order valence-electron chi connectivity index (χ2n) is 8.20. The normalized spacial score (nSPS) is 15.0. The van der Waals surface area contributed by atoms with Crippen molar-refractivity contribution in [3.05, 3.63) is 107 Å². The largest absolute Gasteiger partial charge is 0.325 e. The lowest BCUT2D eigenvalue weighted by atomic mass is 10.00. The van der Waals surface area contributed by atoms with Gasteiger partial charge in [0.05, 0.1) is 5.70 Å². The number of hydrogen-bond donors (Lipinski definition) is 1. The number of tetrazole rings is 1. The van der Waals surface area contributed by atoms with Gasteiger partial charge in [0.1, 0.15) is 12.6 Å². The molecule has 0 saturated heterocycles. The molecule has 1 aliphatic rings. The zero-order valence-corrected chi connectivity index (χ0v) is 18.5. The van der Waals surface area contributed by atoms with Crippen LogP contribution < -0.4 is 10.2 Å². The van der Waals surface area contributed by atoms with Gasteiger partial charge in [0.25, 0.3) is 5.95 Å². The number of aromatic nitrogens is 4. The molecule has 1 amide bonds. The number of benzene rings is 3. The highest BCUT2D eigenvalue weighted by molar-refractivity contribution is 5.97. The van der Waals surface area contributed by atoms with Crippen LogP contribution in [0.5, 0.6) is 0 Å². The van der Waals surface area contributed by atoms with Crippen molar-refractivity contribution in [2.45, 2.75) is 19.9 Å². The Kier molecular flexibility index (Phi) is 5.44. The van der Waals surface area contributed by atoms with Gasteiger partial charge in [-0.3, -0.25) is 9.69 Å². The molecule has 164 valence electrons. The number of allylic oxidation sites excluding steroid dienone is 1. The lowest BCUT2D eigenvalue weighted by Gasteiger charge is -2.32. The van der Waals surface area contributed by atoms with Gasteiger partial charge in [-0.1, -0.05) is 77.4 Å². The Hall–Kier alpha value is -4.26. The maximum atomic E-state index is 13.0. The molecule has 1 atom stereocenters. The number of carbonyl (C=O) groups excluding carboxylic acids is 1. The number of nitrogens with zero attached hydrogens (tertiary/aromatic N) is 5. The Bertz CT molecular complexity index is 1310. The van der Waals surface area contributed by atoms with Gasteiger partial charge in [0, 0.05) is 5.69 Å². The molecule has 0 radical (unpaired) electrons. The molecule has 1 aromatic heterocycles. The number of rotatable bonds is 5. The van der Waals surface area contributed by atoms with Crippen molar-refractivity contribution >= 4 is 23.2 Å². The van der Waals surface area contributed by atoms with Gasteiger partial charge < -0.3 is 5.32 Å². The zero-order valence-electron chi connectivity index (χ0n) is 18.5. The van der Waals surface area contributed by atoms with Crippen LogP contribution in [0.2, 0.25) is 0 Å². The summed E-state index contributed by atoms with van der Waals surface area (Å²) in [5.41, 5.74) is 6.00. The number of aryl methyl sites for hydroxylation is 2. The Balaban J connectivity index is 1.53. The molecule has 4 aromatic rings. The minimum absolute atomic E-state index is 0.0790. The molecular formula is C26H24N6O. The van der Waals surface area contributed by atoms with E-state index in [0.29, 0.717) is 5.95 Å². The molecule has 0 saturated carbocycles. The maximum absolute atomic E-state index is 13.0. The van der Waals surface area contributed by atoms with E-state index in [1.807, 2.05) is 66.4 Å². The lowest BCUT2D eigenvalue weighted by Crippen LogP contribution is -2.37. The zero-order chi connectivity index (χ0) is 22.8. The van der Waals surface area contributed by atoms with Crippen LogP contribution in [-0.4, -0.2) is 32.7 Å². The number of hydrogen-bond acceptors (Lipinski definition) is 5. The molecule has 0 aliphatic carbocycles. The summed E-state index contributed by atoms with van der Waals surface area (Å²) in [6.45, 7) is 4.14. The summed E-state index contributed by atoms with van der Waals surface area (Å²) in [5, 5.41) is 15.5. The van der Waals surface area contributed by atoms with Crippen LogP contribution in [0.4, 0.5) is 11.6 Å². The van der Waals surface area contributed by atoms with E-state index in [-0.39, 0.29) is 18.5 Å². The molecule has 0 spiro atoms. The third-order valence-electron chi connectivity index (χ3n) is 5.68. The van der Waals surface area contributed by atoms with Gasteiger partial charge in [-0.15, -0.1) is 0 Å². The first-order chi connectivity index (χ1) is 16.1. The number of fused-ring (bicyclic) bond motifs is 1. The van der Waals surface area contributed by atoms with Gasteiger partial charge in [-0.2, -0.15) is 4.68 Å². The topological polar surface area (TPSA) is 75.9 Å². The second kappa shape index (κ2) is 8.70. The third kappa shape index (κ3) is 4.25. The summed E-state index contributed by atoms with van der Waals surface area (Å²) < 4.78 is 1.76. The molecule has 0 bridgehead atoms. The first-order valence-corrected chi connectivity index (χ1v) is 10.8. The fourth-order valence-electron chi connectivity index (χ4n) is 4.05. The van der Waals surface area contributed by atoms with E-state index in [1.54, 1.807) is 4.68 Å². The molecule has 33 heavy (non-hydrogen) atoms. The van der Waals surface area contributed by atoms with Crippen molar-refractivity contribution in [3.8, 4) is 0 Å². The smallest absolute Gasteiger partial charge is 0.251 e. The van der Waals surface area contributed by atoms with Crippen molar-refractivity contribution in [1.82, 2.24) is 20.2 Å². The first kappa shape index (κ1) is 20.6. The van der Waals surface area contributed by atoms with Crippen molar-refractivity contribution < 1.29 is 4.79 Å². The minimum Gasteiger partial charge on any atom is -0.325 e. The molecule has 7 heteroatoms. The molecule has 5 rings (SSSR count). The van der Waals surface area contributed by atoms with Crippen molar-refractivity contribution in [2.75, 3.05) is 16.8 Å². The molecule has 2 heterocycles. The van der Waals surface area contributed by atoms with Crippen LogP contribution in [0.25, 0.3) is 5.70 Å². The summed E-state index contributed by atoms with van der Waals surface area (Å²) in [6.07, 6.45) is 2.11. The predicted octanol–water partition coefficient (Wildman–Crippen LogP) is 4.38. The highest BCUT2D eigenvalue weighted by Gasteiger charge is 2.31. The quantitative estimate of drug-likeness (QED) is 0.503. The average Bonchev–Trinajstić information content (AvgIpc) is 3.31. The van der Waals surface area contributed by atoms with Crippen LogP contribution in [0, 0.1) is 13.8 Å². The SMILES string of the molecule is Cc1ccc([C@H]2C=C(c3ccccc3)N(CC(=O)Nc3cccc(C)c3)c3nnnn32)cc1. The van der Waals surface area contributed by atoms with Crippen LogP contribution in [0.1, 0.15) is 28.3 Å². The minimum atomic E-state index is -0.179. The maximum Gasteiger partial charge on any atom is 0.251 e. The predicted molar refractivity (Wildman–Crippen MR) is 129 cm³/mol. The molecule has 7 nitrogen and oxygen atoms in total. The standard InChI is InChI=1S/C26H24N6O/c1-18-11-13-21(14-12-18)24-16-23(20-8-4-3-5-9-20)31(26-28-29-30-32(24)26)17-25(33)27-22-10-6-7-19(2)15-22/h3-16,24H,17H2,1-2H3,(H,27,33)/t24-/m1/s1. The highest BCUT2D eigenvalue weighted by atomic mass is 16.2. The van der Waals surface area contributed by atoms with Crippen LogP contribution in [0.3, 0.4) is 0 Å². The van der Waals surface area contributed by atoms with Crippen molar-refractivity contribution in [1.29, 1.82) is 0 Å². The molecule has 1 N–H and O–H groups in total. The van der Waals surface area contributed by atoms with Gasteiger partial charge in [-0.25, -0.2) is 0 Å². The summed E-state index contributed by atoms with van der Waals surface area (Å²) in [7, 11) is 0. The Morgan fingerprint density at radius 1 is 0.939 bits per heavy atom. The van der Waals surface area contributed by atoms with Crippen molar-refractivity contribution in [3.63, 3.8) is 0 Å². The van der Waals surface area contributed by atoms with Gasteiger partial charge in [0.2, 0.25) is 5.91 Å². The Labute approximate surface area is 192 Å².